The zero-order valence-corrected chi connectivity index (χ0v) is 15.0. The smallest absolute Gasteiger partial charge is 0.222 e. The van der Waals surface area contributed by atoms with E-state index in [1.165, 1.54) is 24.1 Å². The van der Waals surface area contributed by atoms with Crippen LogP contribution in [0.3, 0.4) is 0 Å². The van der Waals surface area contributed by atoms with Gasteiger partial charge in [-0.15, -0.1) is 0 Å². The molecule has 0 saturated carbocycles. The van der Waals surface area contributed by atoms with Crippen LogP contribution < -0.4 is 5.32 Å². The summed E-state index contributed by atoms with van der Waals surface area (Å²) in [6.07, 6.45) is 6.47. The molecule has 2 aromatic heterocycles. The number of likely N-dealkylation sites (tertiary alicyclic amines) is 1. The Bertz CT molecular complexity index is 706. The first kappa shape index (κ1) is 17.0. The molecule has 1 unspecified atom stereocenters. The van der Waals surface area contributed by atoms with Crippen LogP contribution in [-0.2, 0) is 11.3 Å². The van der Waals surface area contributed by atoms with Gasteiger partial charge in [0.1, 0.15) is 5.65 Å². The van der Waals surface area contributed by atoms with E-state index in [2.05, 4.69) is 44.9 Å². The summed E-state index contributed by atoms with van der Waals surface area (Å²) in [5, 5.41) is 3.09. The van der Waals surface area contributed by atoms with E-state index >= 15 is 0 Å². The number of hydrogen-bond acceptors (Lipinski definition) is 3. The number of nitrogens with one attached hydrogen (secondary N) is 1. The Balaban J connectivity index is 1.60. The van der Waals surface area contributed by atoms with E-state index in [1.807, 2.05) is 20.0 Å². The fourth-order valence-corrected chi connectivity index (χ4v) is 3.46. The Kier molecular flexibility index (Phi) is 5.19. The van der Waals surface area contributed by atoms with Crippen LogP contribution in [0.5, 0.6) is 0 Å². The summed E-state index contributed by atoms with van der Waals surface area (Å²) < 4.78 is 2.19. The number of carbonyl (C=O) groups excluding carboxylic acids is 1. The predicted octanol–water partition coefficient (Wildman–Crippen LogP) is 2.63. The molecule has 0 radical (unpaired) electrons. The minimum atomic E-state index is 0.0612. The highest BCUT2D eigenvalue weighted by atomic mass is 16.1. The molecule has 1 N–H and O–H groups in total. The summed E-state index contributed by atoms with van der Waals surface area (Å²) in [5.41, 5.74) is 3.49. The third-order valence-corrected chi connectivity index (χ3v) is 4.89. The molecule has 0 bridgehead atoms. The lowest BCUT2D eigenvalue weighted by atomic mass is 9.97. The molecule has 1 aliphatic heterocycles. The van der Waals surface area contributed by atoms with Gasteiger partial charge in [-0.1, -0.05) is 19.9 Å². The van der Waals surface area contributed by atoms with E-state index in [9.17, 15) is 4.79 Å². The summed E-state index contributed by atoms with van der Waals surface area (Å²) >= 11 is 0. The quantitative estimate of drug-likeness (QED) is 0.918. The second-order valence-electron chi connectivity index (χ2n) is 7.28. The van der Waals surface area contributed by atoms with Crippen molar-refractivity contribution in [2.24, 2.45) is 11.8 Å². The standard InChI is InChI=1S/C19H28N4O/c1-14(2)19(24)21-10-16-7-5-8-22(12-16)13-17-11-20-18-15(3)6-4-9-23(17)18/h4,6,9,11,14,16H,5,7-8,10,12-13H2,1-3H3,(H,21,24). The average molecular weight is 328 g/mol. The average Bonchev–Trinajstić information content (AvgIpc) is 2.97. The van der Waals surface area contributed by atoms with Gasteiger partial charge in [0, 0.05) is 31.7 Å². The lowest BCUT2D eigenvalue weighted by molar-refractivity contribution is -0.124. The van der Waals surface area contributed by atoms with Gasteiger partial charge in [0.25, 0.3) is 0 Å². The van der Waals surface area contributed by atoms with Crippen LogP contribution in [0.25, 0.3) is 5.65 Å². The van der Waals surface area contributed by atoms with Gasteiger partial charge in [0.05, 0.1) is 11.9 Å². The number of aromatic nitrogens is 2. The van der Waals surface area contributed by atoms with Crippen LogP contribution in [0.15, 0.2) is 24.5 Å². The largest absolute Gasteiger partial charge is 0.356 e. The molecule has 0 aliphatic carbocycles. The molecule has 5 heteroatoms. The third-order valence-electron chi connectivity index (χ3n) is 4.89. The van der Waals surface area contributed by atoms with E-state index in [1.54, 1.807) is 0 Å². The van der Waals surface area contributed by atoms with Gasteiger partial charge < -0.3 is 9.72 Å². The third kappa shape index (κ3) is 3.78. The number of fused-ring (bicyclic) bond motifs is 1. The summed E-state index contributed by atoms with van der Waals surface area (Å²) in [6, 6.07) is 4.18. The fourth-order valence-electron chi connectivity index (χ4n) is 3.46. The van der Waals surface area contributed by atoms with E-state index < -0.39 is 0 Å². The van der Waals surface area contributed by atoms with Gasteiger partial charge in [-0.2, -0.15) is 0 Å². The Hall–Kier alpha value is -1.88. The number of rotatable bonds is 5. The van der Waals surface area contributed by atoms with Crippen molar-refractivity contribution >= 4 is 11.6 Å². The fraction of sp³-hybridized carbons (Fsp3) is 0.579. The van der Waals surface area contributed by atoms with Gasteiger partial charge in [0.2, 0.25) is 5.91 Å². The number of piperidine rings is 1. The first-order valence-electron chi connectivity index (χ1n) is 8.96. The van der Waals surface area contributed by atoms with Crippen LogP contribution in [0.1, 0.15) is 37.9 Å². The number of hydrogen-bond donors (Lipinski definition) is 1. The zero-order valence-electron chi connectivity index (χ0n) is 15.0. The molecule has 130 valence electrons. The topological polar surface area (TPSA) is 49.6 Å². The molecule has 2 aromatic rings. The Morgan fingerprint density at radius 2 is 2.29 bits per heavy atom. The van der Waals surface area contributed by atoms with Gasteiger partial charge in [-0.25, -0.2) is 4.98 Å². The predicted molar refractivity (Wildman–Crippen MR) is 95.8 cm³/mol. The van der Waals surface area contributed by atoms with Crippen molar-refractivity contribution in [1.82, 2.24) is 19.6 Å². The highest BCUT2D eigenvalue weighted by Crippen LogP contribution is 2.19. The number of amides is 1. The lowest BCUT2D eigenvalue weighted by Crippen LogP contribution is -2.41. The van der Waals surface area contributed by atoms with Crippen LogP contribution in [0, 0.1) is 18.8 Å². The molecule has 1 amide bonds. The van der Waals surface area contributed by atoms with Crippen molar-refractivity contribution in [2.75, 3.05) is 19.6 Å². The van der Waals surface area contributed by atoms with E-state index in [4.69, 9.17) is 0 Å². The molecular formula is C19H28N4O. The minimum Gasteiger partial charge on any atom is -0.356 e. The lowest BCUT2D eigenvalue weighted by Gasteiger charge is -2.32. The monoisotopic (exact) mass is 328 g/mol. The molecule has 1 saturated heterocycles. The summed E-state index contributed by atoms with van der Waals surface area (Å²) in [6.45, 7) is 9.84. The zero-order chi connectivity index (χ0) is 17.1. The molecule has 3 rings (SSSR count). The molecule has 1 atom stereocenters. The molecule has 24 heavy (non-hydrogen) atoms. The summed E-state index contributed by atoms with van der Waals surface area (Å²) in [4.78, 5) is 18.8. The minimum absolute atomic E-state index is 0.0612. The number of aryl methyl sites for hydroxylation is 1. The summed E-state index contributed by atoms with van der Waals surface area (Å²) in [7, 11) is 0. The molecule has 3 heterocycles. The first-order chi connectivity index (χ1) is 11.5. The van der Waals surface area contributed by atoms with Gasteiger partial charge in [-0.05, 0) is 43.9 Å². The van der Waals surface area contributed by atoms with Crippen LogP contribution in [0.4, 0.5) is 0 Å². The van der Waals surface area contributed by atoms with Crippen LogP contribution in [0.2, 0.25) is 0 Å². The maximum atomic E-state index is 11.8. The van der Waals surface area contributed by atoms with Crippen molar-refractivity contribution in [3.05, 3.63) is 35.8 Å². The van der Waals surface area contributed by atoms with E-state index in [0.29, 0.717) is 5.92 Å². The van der Waals surface area contributed by atoms with Gasteiger partial charge in [-0.3, -0.25) is 9.69 Å². The van der Waals surface area contributed by atoms with E-state index in [-0.39, 0.29) is 11.8 Å². The van der Waals surface area contributed by atoms with Crippen molar-refractivity contribution in [3.8, 4) is 0 Å². The molecule has 0 spiro atoms. The van der Waals surface area contributed by atoms with Crippen molar-refractivity contribution in [1.29, 1.82) is 0 Å². The maximum absolute atomic E-state index is 11.8. The number of pyridine rings is 1. The molecule has 1 fully saturated rings. The normalized spacial score (nSPS) is 19.1. The van der Waals surface area contributed by atoms with Crippen molar-refractivity contribution < 1.29 is 4.79 Å². The number of imidazole rings is 1. The van der Waals surface area contributed by atoms with Crippen LogP contribution in [-0.4, -0.2) is 39.8 Å². The highest BCUT2D eigenvalue weighted by Gasteiger charge is 2.21. The van der Waals surface area contributed by atoms with Crippen LogP contribution >= 0.6 is 0 Å². The molecule has 1 aliphatic rings. The first-order valence-corrected chi connectivity index (χ1v) is 8.96. The van der Waals surface area contributed by atoms with Gasteiger partial charge >= 0.3 is 0 Å². The Morgan fingerprint density at radius 1 is 1.46 bits per heavy atom. The highest BCUT2D eigenvalue weighted by molar-refractivity contribution is 5.77. The Morgan fingerprint density at radius 3 is 3.08 bits per heavy atom. The second-order valence-corrected chi connectivity index (χ2v) is 7.28. The number of carbonyl (C=O) groups is 1. The molecular weight excluding hydrogens is 300 g/mol. The van der Waals surface area contributed by atoms with E-state index in [0.717, 1.165) is 31.8 Å². The molecule has 5 nitrogen and oxygen atoms in total. The summed E-state index contributed by atoms with van der Waals surface area (Å²) in [5.74, 6) is 0.762. The number of nitrogens with zero attached hydrogens (tertiary/aromatic N) is 3. The van der Waals surface area contributed by atoms with Gasteiger partial charge in [0.15, 0.2) is 0 Å². The maximum Gasteiger partial charge on any atom is 0.222 e. The SMILES string of the molecule is Cc1cccn2c(CN3CCCC(CNC(=O)C(C)C)C3)cnc12. The molecule has 0 aromatic carbocycles. The van der Waals surface area contributed by atoms with Crippen molar-refractivity contribution in [2.45, 2.75) is 40.2 Å². The van der Waals surface area contributed by atoms with Crippen molar-refractivity contribution in [3.63, 3.8) is 0 Å². The second kappa shape index (κ2) is 7.34. The Labute approximate surface area is 144 Å².